The van der Waals surface area contributed by atoms with Crippen LogP contribution in [0.15, 0.2) is 71.3 Å². The maximum atomic E-state index is 13.9. The zero-order valence-electron chi connectivity index (χ0n) is 21.5. The van der Waals surface area contributed by atoms with Gasteiger partial charge >= 0.3 is 0 Å². The number of nitrogens with zero attached hydrogens (tertiary/aromatic N) is 1. The molecule has 0 unspecified atom stereocenters. The SMILES string of the molecule is CCOC(CNC(=O)[C@H]1[C@@H](O)[C@@]2(O)c3ncc(Cl)cc3O[C@@]2(c2ccc(Br)cc2)[C@@H]1c1ccccc1)OCC. The Hall–Kier alpha value is -2.53. The first kappa shape index (κ1) is 28.0. The number of halogens is 2. The Morgan fingerprint density at radius 2 is 1.82 bits per heavy atom. The van der Waals surface area contributed by atoms with E-state index in [2.05, 4.69) is 26.2 Å². The Kier molecular flexibility index (Phi) is 8.01. The molecule has 3 N–H and O–H groups in total. The summed E-state index contributed by atoms with van der Waals surface area (Å²) in [5, 5.41) is 27.7. The van der Waals surface area contributed by atoms with E-state index in [1.54, 1.807) is 6.07 Å². The number of hydrogen-bond donors (Lipinski definition) is 3. The molecule has 1 fully saturated rings. The highest BCUT2D eigenvalue weighted by molar-refractivity contribution is 9.10. The first-order valence-corrected chi connectivity index (χ1v) is 14.0. The van der Waals surface area contributed by atoms with Crippen LogP contribution in [-0.4, -0.2) is 53.3 Å². The second-order valence-corrected chi connectivity index (χ2v) is 10.9. The molecule has 2 aromatic carbocycles. The first-order valence-electron chi connectivity index (χ1n) is 12.8. The fourth-order valence-corrected chi connectivity index (χ4v) is 6.37. The topological polar surface area (TPSA) is 110 Å². The highest BCUT2D eigenvalue weighted by atomic mass is 79.9. The molecular weight excluding hydrogens is 588 g/mol. The van der Waals surface area contributed by atoms with Crippen molar-refractivity contribution in [3.8, 4) is 5.75 Å². The molecule has 1 amide bonds. The molecule has 206 valence electrons. The van der Waals surface area contributed by atoms with Crippen LogP contribution in [0.5, 0.6) is 5.75 Å². The molecule has 2 aliphatic rings. The fourth-order valence-electron chi connectivity index (χ4n) is 5.96. The third-order valence-electron chi connectivity index (χ3n) is 7.47. The summed E-state index contributed by atoms with van der Waals surface area (Å²) < 4.78 is 18.6. The third kappa shape index (κ3) is 4.55. The van der Waals surface area contributed by atoms with E-state index in [9.17, 15) is 15.0 Å². The van der Waals surface area contributed by atoms with Crippen molar-refractivity contribution < 1.29 is 29.2 Å². The second kappa shape index (κ2) is 11.2. The molecule has 5 rings (SSSR count). The Balaban J connectivity index is 1.68. The normalized spacial score (nSPS) is 27.2. The van der Waals surface area contributed by atoms with E-state index in [0.29, 0.717) is 29.4 Å². The highest BCUT2D eigenvalue weighted by Gasteiger charge is 2.78. The zero-order chi connectivity index (χ0) is 27.8. The van der Waals surface area contributed by atoms with Gasteiger partial charge in [0.1, 0.15) is 17.5 Å². The van der Waals surface area contributed by atoms with Gasteiger partial charge in [-0.15, -0.1) is 0 Å². The number of rotatable bonds is 9. The first-order chi connectivity index (χ1) is 18.8. The number of fused-ring (bicyclic) bond motifs is 3. The summed E-state index contributed by atoms with van der Waals surface area (Å²) in [6.07, 6.45) is -0.841. The van der Waals surface area contributed by atoms with Crippen molar-refractivity contribution in [2.75, 3.05) is 19.8 Å². The van der Waals surface area contributed by atoms with Crippen molar-refractivity contribution in [3.63, 3.8) is 0 Å². The van der Waals surface area contributed by atoms with Gasteiger partial charge in [0, 0.05) is 35.9 Å². The van der Waals surface area contributed by atoms with Crippen LogP contribution in [0.25, 0.3) is 0 Å². The molecule has 2 heterocycles. The van der Waals surface area contributed by atoms with Gasteiger partial charge in [-0.25, -0.2) is 0 Å². The molecule has 0 saturated heterocycles. The van der Waals surface area contributed by atoms with Crippen molar-refractivity contribution >= 4 is 33.4 Å². The fraction of sp³-hybridized carbons (Fsp3) is 0.379. The standard InChI is InChI=1S/C29H30BrClN2O6/c1-3-37-22(38-4-2)16-33-27(35)23-24(17-8-6-5-7-9-17)29(18-10-12-19(30)13-11-18)28(36,26(23)34)25-21(39-29)14-20(31)15-32-25/h5-15,22-24,26,34,36H,3-4,16H2,1-2H3,(H,33,35)/t23-,24-,26-,28+,29+/m1/s1. The van der Waals surface area contributed by atoms with Gasteiger partial charge in [-0.05, 0) is 37.1 Å². The van der Waals surface area contributed by atoms with Crippen LogP contribution in [-0.2, 0) is 25.5 Å². The summed E-state index contributed by atoms with van der Waals surface area (Å²) in [4.78, 5) is 18.3. The molecule has 39 heavy (non-hydrogen) atoms. The van der Waals surface area contributed by atoms with Crippen molar-refractivity contribution in [2.45, 2.75) is 43.4 Å². The number of aliphatic hydroxyl groups excluding tert-OH is 1. The van der Waals surface area contributed by atoms with Gasteiger partial charge in [-0.2, -0.15) is 0 Å². The average Bonchev–Trinajstić information content (AvgIpc) is 3.30. The Bertz CT molecular complexity index is 1320. The van der Waals surface area contributed by atoms with Gasteiger partial charge in [0.2, 0.25) is 5.91 Å². The van der Waals surface area contributed by atoms with Gasteiger partial charge in [0.05, 0.1) is 17.5 Å². The van der Waals surface area contributed by atoms with Crippen molar-refractivity contribution in [1.29, 1.82) is 0 Å². The summed E-state index contributed by atoms with van der Waals surface area (Å²) >= 11 is 9.72. The number of carbonyl (C=O) groups excluding carboxylic acids is 1. The lowest BCUT2D eigenvalue weighted by Crippen LogP contribution is -2.52. The van der Waals surface area contributed by atoms with Gasteiger partial charge in [-0.1, -0.05) is 70.0 Å². The van der Waals surface area contributed by atoms with Crippen LogP contribution in [0.3, 0.4) is 0 Å². The summed E-state index contributed by atoms with van der Waals surface area (Å²) in [5.41, 5.74) is -2.27. The lowest BCUT2D eigenvalue weighted by Gasteiger charge is -2.40. The number of benzene rings is 2. The van der Waals surface area contributed by atoms with Crippen LogP contribution in [0.2, 0.25) is 5.02 Å². The predicted molar refractivity (Wildman–Crippen MR) is 148 cm³/mol. The molecule has 1 saturated carbocycles. The average molecular weight is 618 g/mol. The van der Waals surface area contributed by atoms with E-state index >= 15 is 0 Å². The minimum Gasteiger partial charge on any atom is -0.476 e. The molecule has 0 radical (unpaired) electrons. The van der Waals surface area contributed by atoms with Crippen molar-refractivity contribution in [3.05, 3.63) is 93.2 Å². The zero-order valence-corrected chi connectivity index (χ0v) is 23.9. The van der Waals surface area contributed by atoms with Gasteiger partial charge < -0.3 is 29.7 Å². The molecule has 1 aliphatic carbocycles. The maximum Gasteiger partial charge on any atom is 0.226 e. The lowest BCUT2D eigenvalue weighted by atomic mass is 9.71. The van der Waals surface area contributed by atoms with Crippen LogP contribution in [0.1, 0.15) is 36.6 Å². The highest BCUT2D eigenvalue weighted by Crippen LogP contribution is 2.68. The Morgan fingerprint density at radius 3 is 2.46 bits per heavy atom. The van der Waals surface area contributed by atoms with E-state index in [-0.39, 0.29) is 18.0 Å². The van der Waals surface area contributed by atoms with E-state index < -0.39 is 41.3 Å². The Morgan fingerprint density at radius 1 is 1.15 bits per heavy atom. The number of pyridine rings is 1. The molecule has 10 heteroatoms. The quantitative estimate of drug-likeness (QED) is 0.308. The number of carbonyl (C=O) groups is 1. The second-order valence-electron chi connectivity index (χ2n) is 9.56. The molecule has 8 nitrogen and oxygen atoms in total. The number of amides is 1. The molecule has 1 aromatic heterocycles. The molecule has 1 aliphatic heterocycles. The van der Waals surface area contributed by atoms with Gasteiger partial charge in [0.15, 0.2) is 17.5 Å². The molecule has 0 bridgehead atoms. The van der Waals surface area contributed by atoms with Crippen LogP contribution < -0.4 is 10.1 Å². The third-order valence-corrected chi connectivity index (χ3v) is 8.20. The van der Waals surface area contributed by atoms with Gasteiger partial charge in [0.25, 0.3) is 0 Å². The number of nitrogens with one attached hydrogen (secondary N) is 1. The smallest absolute Gasteiger partial charge is 0.226 e. The number of aromatic nitrogens is 1. The number of ether oxygens (including phenoxy) is 3. The number of aliphatic hydroxyl groups is 2. The van der Waals surface area contributed by atoms with Crippen LogP contribution in [0, 0.1) is 5.92 Å². The van der Waals surface area contributed by atoms with E-state index in [4.69, 9.17) is 25.8 Å². The largest absolute Gasteiger partial charge is 0.476 e. The Labute approximate surface area is 240 Å². The minimum atomic E-state index is -2.08. The van der Waals surface area contributed by atoms with Crippen molar-refractivity contribution in [1.82, 2.24) is 10.3 Å². The predicted octanol–water partition coefficient (Wildman–Crippen LogP) is 4.26. The van der Waals surface area contributed by atoms with Crippen molar-refractivity contribution in [2.24, 2.45) is 5.92 Å². The number of hydrogen-bond acceptors (Lipinski definition) is 7. The van der Waals surface area contributed by atoms with E-state index in [1.165, 1.54) is 6.20 Å². The summed E-state index contributed by atoms with van der Waals surface area (Å²) in [6.45, 7) is 4.56. The maximum absolute atomic E-state index is 13.9. The lowest BCUT2D eigenvalue weighted by molar-refractivity contribution is -0.157. The van der Waals surface area contributed by atoms with Gasteiger partial charge in [-0.3, -0.25) is 9.78 Å². The summed E-state index contributed by atoms with van der Waals surface area (Å²) in [7, 11) is 0. The van der Waals surface area contributed by atoms with Crippen LogP contribution in [0.4, 0.5) is 0 Å². The molecule has 0 spiro atoms. The summed E-state index contributed by atoms with van der Waals surface area (Å²) in [6, 6.07) is 18.1. The molecular formula is C29H30BrClN2O6. The minimum absolute atomic E-state index is 0.0697. The molecule has 3 aromatic rings. The summed E-state index contributed by atoms with van der Waals surface area (Å²) in [5.74, 6) is -2.15. The van der Waals surface area contributed by atoms with Crippen LogP contribution >= 0.6 is 27.5 Å². The van der Waals surface area contributed by atoms with E-state index in [1.807, 2.05) is 68.4 Å². The monoisotopic (exact) mass is 616 g/mol. The van der Waals surface area contributed by atoms with E-state index in [0.717, 1.165) is 4.47 Å². The molecule has 5 atom stereocenters.